The van der Waals surface area contributed by atoms with Gasteiger partial charge >= 0.3 is 6.08 Å². The fourth-order valence-electron chi connectivity index (χ4n) is 6.19. The van der Waals surface area contributed by atoms with Crippen molar-refractivity contribution >= 4 is 8.80 Å². The molecule has 0 N–H and O–H groups in total. The van der Waals surface area contributed by atoms with Crippen LogP contribution >= 0.6 is 0 Å². The van der Waals surface area contributed by atoms with Gasteiger partial charge in [-0.25, -0.2) is 0 Å². The van der Waals surface area contributed by atoms with Crippen LogP contribution in [0.1, 0.15) is 89.5 Å². The van der Waals surface area contributed by atoms with Crippen LogP contribution in [-0.4, -0.2) is 8.80 Å². The molecule has 0 radical (unpaired) electrons. The van der Waals surface area contributed by atoms with Crippen molar-refractivity contribution in [2.45, 2.75) is 109 Å². The fraction of sp³-hybridized carbons (Fsp3) is 0.714. The zero-order valence-corrected chi connectivity index (χ0v) is 21.3. The highest BCUT2D eigenvalue weighted by Crippen LogP contribution is 2.42. The standard InChI is InChI=1S/C28H44F2OSi/c1-2-3-6-19-32-20-17-26(18-21-32)25-13-9-23(10-14-25)7-4-5-8-24-11-15-27(16-12-24)31-22-28(29)30/h11-12,15-16,22-23,25-26,32H,2-10,13-14,17-21H2,1H3/t23-,25-,26-,32-. The molecular formula is C28H44F2OSi. The second kappa shape index (κ2) is 14.2. The predicted molar refractivity (Wildman–Crippen MR) is 134 cm³/mol. The normalized spacial score (nSPS) is 26.0. The number of halogens is 2. The SMILES string of the molecule is CCCCC[Si@H]1CC[C@H]([C@H]2CC[C@H](CCCCc3ccc(OC=C(F)F)cc3)CC2)CC1. The van der Waals surface area contributed by atoms with Crippen molar-refractivity contribution in [3.05, 3.63) is 42.2 Å². The molecular weight excluding hydrogens is 418 g/mol. The Kier molecular flexibility index (Phi) is 11.3. The van der Waals surface area contributed by atoms with Crippen molar-refractivity contribution in [2.75, 3.05) is 0 Å². The summed E-state index contributed by atoms with van der Waals surface area (Å²) in [6.07, 6.45) is 17.0. The highest BCUT2D eigenvalue weighted by Gasteiger charge is 2.30. The van der Waals surface area contributed by atoms with Crippen molar-refractivity contribution in [3.8, 4) is 5.75 Å². The maximum atomic E-state index is 12.1. The Morgan fingerprint density at radius 1 is 0.906 bits per heavy atom. The molecule has 3 rings (SSSR count). The zero-order chi connectivity index (χ0) is 22.6. The van der Waals surface area contributed by atoms with E-state index in [9.17, 15) is 8.78 Å². The van der Waals surface area contributed by atoms with E-state index in [1.165, 1.54) is 69.8 Å². The van der Waals surface area contributed by atoms with E-state index in [4.69, 9.17) is 4.74 Å². The molecule has 1 nitrogen and oxygen atoms in total. The molecule has 2 aliphatic rings. The van der Waals surface area contributed by atoms with E-state index >= 15 is 0 Å². The summed E-state index contributed by atoms with van der Waals surface area (Å²) in [5.74, 6) is 3.52. The lowest BCUT2D eigenvalue weighted by Gasteiger charge is -2.37. The van der Waals surface area contributed by atoms with Crippen molar-refractivity contribution in [1.29, 1.82) is 0 Å². The molecule has 1 saturated heterocycles. The monoisotopic (exact) mass is 462 g/mol. The minimum atomic E-state index is -1.81. The first kappa shape index (κ1) is 25.5. The summed E-state index contributed by atoms with van der Waals surface area (Å²) >= 11 is 0. The molecule has 1 heterocycles. The molecule has 1 aliphatic carbocycles. The third-order valence-corrected chi connectivity index (χ3v) is 11.7. The molecule has 4 heteroatoms. The van der Waals surface area contributed by atoms with Crippen LogP contribution in [0.15, 0.2) is 36.6 Å². The van der Waals surface area contributed by atoms with Crippen LogP contribution in [0.3, 0.4) is 0 Å². The van der Waals surface area contributed by atoms with Crippen LogP contribution in [0, 0.1) is 17.8 Å². The van der Waals surface area contributed by atoms with E-state index in [1.54, 1.807) is 43.1 Å². The molecule has 1 saturated carbocycles. The van der Waals surface area contributed by atoms with E-state index < -0.39 is 6.08 Å². The van der Waals surface area contributed by atoms with E-state index in [2.05, 4.69) is 6.92 Å². The molecule has 32 heavy (non-hydrogen) atoms. The van der Waals surface area contributed by atoms with Gasteiger partial charge < -0.3 is 4.74 Å². The third kappa shape index (κ3) is 9.00. The van der Waals surface area contributed by atoms with Crippen molar-refractivity contribution < 1.29 is 13.5 Å². The number of hydrogen-bond donors (Lipinski definition) is 0. The molecule has 0 bridgehead atoms. The topological polar surface area (TPSA) is 9.23 Å². The molecule has 0 spiro atoms. The number of aryl methyl sites for hydroxylation is 1. The minimum Gasteiger partial charge on any atom is -0.459 e. The van der Waals surface area contributed by atoms with E-state index in [0.29, 0.717) is 12.0 Å². The fourth-order valence-corrected chi connectivity index (χ4v) is 9.72. The van der Waals surface area contributed by atoms with Crippen LogP contribution in [0.25, 0.3) is 0 Å². The quantitative estimate of drug-likeness (QED) is 0.171. The van der Waals surface area contributed by atoms with Crippen molar-refractivity contribution in [3.63, 3.8) is 0 Å². The Labute approximate surface area is 196 Å². The van der Waals surface area contributed by atoms with Crippen LogP contribution in [0.2, 0.25) is 18.1 Å². The minimum absolute atomic E-state index is 0.359. The van der Waals surface area contributed by atoms with E-state index in [0.717, 1.165) is 24.2 Å². The van der Waals surface area contributed by atoms with Gasteiger partial charge in [0.05, 0.1) is 0 Å². The summed E-state index contributed by atoms with van der Waals surface area (Å²) in [6, 6.07) is 12.4. The Morgan fingerprint density at radius 2 is 1.59 bits per heavy atom. The molecule has 1 aliphatic heterocycles. The molecule has 1 aromatic carbocycles. The highest BCUT2D eigenvalue weighted by molar-refractivity contribution is 6.58. The van der Waals surface area contributed by atoms with Gasteiger partial charge in [-0.05, 0) is 61.1 Å². The average molecular weight is 463 g/mol. The van der Waals surface area contributed by atoms with E-state index in [1.807, 2.05) is 12.1 Å². The zero-order valence-electron chi connectivity index (χ0n) is 20.2. The molecule has 0 atom stereocenters. The maximum absolute atomic E-state index is 12.1. The summed E-state index contributed by atoms with van der Waals surface area (Å²) in [7, 11) is -0.359. The van der Waals surface area contributed by atoms with Crippen LogP contribution in [0.4, 0.5) is 8.78 Å². The van der Waals surface area contributed by atoms with E-state index in [-0.39, 0.29) is 8.80 Å². The summed E-state index contributed by atoms with van der Waals surface area (Å²) in [6.45, 7) is 2.32. The first-order chi connectivity index (χ1) is 15.6. The molecule has 0 amide bonds. The van der Waals surface area contributed by atoms with Gasteiger partial charge in [0.1, 0.15) is 5.75 Å². The predicted octanol–water partition coefficient (Wildman–Crippen LogP) is 9.15. The second-order valence-corrected chi connectivity index (χ2v) is 13.9. The van der Waals surface area contributed by atoms with Crippen molar-refractivity contribution in [1.82, 2.24) is 0 Å². The lowest BCUT2D eigenvalue weighted by atomic mass is 9.73. The largest absolute Gasteiger partial charge is 0.459 e. The Bertz CT molecular complexity index is 655. The summed E-state index contributed by atoms with van der Waals surface area (Å²) < 4.78 is 29.0. The number of hydrogen-bond acceptors (Lipinski definition) is 1. The Balaban J connectivity index is 1.25. The smallest absolute Gasteiger partial charge is 0.305 e. The first-order valence-electron chi connectivity index (χ1n) is 13.4. The third-order valence-electron chi connectivity index (χ3n) is 8.20. The van der Waals surface area contributed by atoms with Crippen LogP contribution < -0.4 is 4.74 Å². The number of benzene rings is 1. The molecule has 0 unspecified atom stereocenters. The molecule has 1 aromatic rings. The summed E-state index contributed by atoms with van der Waals surface area (Å²) in [4.78, 5) is 0. The number of rotatable bonds is 12. The van der Waals surface area contributed by atoms with Crippen molar-refractivity contribution in [2.24, 2.45) is 17.8 Å². The van der Waals surface area contributed by atoms with Gasteiger partial charge in [-0.3, -0.25) is 0 Å². The molecule has 0 aromatic heterocycles. The van der Waals surface area contributed by atoms with Gasteiger partial charge in [0.15, 0.2) is 6.26 Å². The first-order valence-corrected chi connectivity index (χ1v) is 15.9. The summed E-state index contributed by atoms with van der Waals surface area (Å²) in [5.41, 5.74) is 1.26. The highest BCUT2D eigenvalue weighted by atomic mass is 28.3. The Hall–Kier alpha value is -1.16. The molecule has 2 fully saturated rings. The lowest BCUT2D eigenvalue weighted by Crippen LogP contribution is -2.28. The van der Waals surface area contributed by atoms with Gasteiger partial charge in [-0.2, -0.15) is 8.78 Å². The van der Waals surface area contributed by atoms with Crippen LogP contribution in [-0.2, 0) is 6.42 Å². The van der Waals surface area contributed by atoms with Gasteiger partial charge in [0.2, 0.25) is 0 Å². The number of ether oxygens (including phenoxy) is 1. The Morgan fingerprint density at radius 3 is 2.25 bits per heavy atom. The van der Waals surface area contributed by atoms with Gasteiger partial charge in [-0.15, -0.1) is 0 Å². The van der Waals surface area contributed by atoms with Gasteiger partial charge in [-0.1, -0.05) is 95.0 Å². The number of unbranched alkanes of at least 4 members (excludes halogenated alkanes) is 3. The maximum Gasteiger partial charge on any atom is 0.305 e. The second-order valence-electron chi connectivity index (χ2n) is 10.5. The van der Waals surface area contributed by atoms with Crippen LogP contribution in [0.5, 0.6) is 5.75 Å². The van der Waals surface area contributed by atoms with Gasteiger partial charge in [0.25, 0.3) is 0 Å². The molecule has 180 valence electrons. The lowest BCUT2D eigenvalue weighted by molar-refractivity contribution is 0.184. The average Bonchev–Trinajstić information content (AvgIpc) is 2.82. The summed E-state index contributed by atoms with van der Waals surface area (Å²) in [5, 5.41) is 0. The van der Waals surface area contributed by atoms with Gasteiger partial charge in [0, 0.05) is 8.80 Å².